The fourth-order valence-corrected chi connectivity index (χ4v) is 2.33. The van der Waals surface area contributed by atoms with Crippen LogP contribution in [0.3, 0.4) is 0 Å². The molecular formula is C16H25N. The molecule has 0 saturated heterocycles. The monoisotopic (exact) mass is 231 g/mol. The molecule has 1 nitrogen and oxygen atoms in total. The van der Waals surface area contributed by atoms with Crippen molar-refractivity contribution in [1.29, 1.82) is 0 Å². The summed E-state index contributed by atoms with van der Waals surface area (Å²) >= 11 is 0. The van der Waals surface area contributed by atoms with E-state index in [2.05, 4.69) is 62.6 Å². The van der Waals surface area contributed by atoms with E-state index >= 15 is 0 Å². The van der Waals surface area contributed by atoms with Gasteiger partial charge in [0.2, 0.25) is 0 Å². The van der Waals surface area contributed by atoms with Crippen molar-refractivity contribution in [2.75, 3.05) is 6.54 Å². The van der Waals surface area contributed by atoms with Gasteiger partial charge in [-0.1, -0.05) is 43.3 Å². The quantitative estimate of drug-likeness (QED) is 0.628. The first-order chi connectivity index (χ1) is 8.20. The molecule has 94 valence electrons. The van der Waals surface area contributed by atoms with Gasteiger partial charge in [0, 0.05) is 12.1 Å². The lowest BCUT2D eigenvalue weighted by molar-refractivity contribution is 0.154. The molecule has 1 heteroatoms. The van der Waals surface area contributed by atoms with E-state index in [9.17, 15) is 0 Å². The third-order valence-corrected chi connectivity index (χ3v) is 3.12. The van der Waals surface area contributed by atoms with Crippen LogP contribution in [0.5, 0.6) is 0 Å². The summed E-state index contributed by atoms with van der Waals surface area (Å²) < 4.78 is 0. The van der Waals surface area contributed by atoms with E-state index in [4.69, 9.17) is 0 Å². The molecule has 0 fully saturated rings. The van der Waals surface area contributed by atoms with Gasteiger partial charge in [0.25, 0.3) is 0 Å². The summed E-state index contributed by atoms with van der Waals surface area (Å²) in [6, 6.07) is 11.8. The van der Waals surface area contributed by atoms with Crippen molar-refractivity contribution in [3.05, 3.63) is 48.6 Å². The fraction of sp³-hybridized carbons (Fsp3) is 0.500. The predicted octanol–water partition coefficient (Wildman–Crippen LogP) is 4.42. The Morgan fingerprint density at radius 1 is 1.24 bits per heavy atom. The van der Waals surface area contributed by atoms with Gasteiger partial charge in [0.05, 0.1) is 0 Å². The second-order valence-corrected chi connectivity index (χ2v) is 4.78. The van der Waals surface area contributed by atoms with E-state index in [0.717, 1.165) is 13.0 Å². The predicted molar refractivity (Wildman–Crippen MR) is 76.1 cm³/mol. The molecule has 1 aromatic carbocycles. The number of benzene rings is 1. The zero-order chi connectivity index (χ0) is 12.7. The van der Waals surface area contributed by atoms with Crippen molar-refractivity contribution in [3.8, 4) is 0 Å². The number of hydrogen-bond acceptors (Lipinski definition) is 1. The molecule has 0 aliphatic carbocycles. The van der Waals surface area contributed by atoms with Crippen molar-refractivity contribution in [3.63, 3.8) is 0 Å². The van der Waals surface area contributed by atoms with Gasteiger partial charge in [-0.25, -0.2) is 0 Å². The Labute approximate surface area is 106 Å². The smallest absolute Gasteiger partial charge is 0.0385 e. The van der Waals surface area contributed by atoms with Gasteiger partial charge in [-0.2, -0.15) is 0 Å². The normalized spacial score (nSPS) is 13.0. The van der Waals surface area contributed by atoms with Gasteiger partial charge in [0.15, 0.2) is 0 Å². The van der Waals surface area contributed by atoms with Gasteiger partial charge < -0.3 is 0 Å². The zero-order valence-corrected chi connectivity index (χ0v) is 11.4. The maximum Gasteiger partial charge on any atom is 0.0385 e. The van der Waals surface area contributed by atoms with E-state index < -0.39 is 0 Å². The van der Waals surface area contributed by atoms with Crippen LogP contribution in [-0.4, -0.2) is 17.5 Å². The van der Waals surface area contributed by atoms with Crippen LogP contribution in [0.4, 0.5) is 0 Å². The van der Waals surface area contributed by atoms with Crippen LogP contribution in [0.25, 0.3) is 0 Å². The molecule has 0 amide bonds. The van der Waals surface area contributed by atoms with Crippen LogP contribution in [-0.2, 0) is 0 Å². The molecule has 0 aliphatic heterocycles. The average molecular weight is 231 g/mol. The van der Waals surface area contributed by atoms with E-state index in [1.807, 2.05) is 6.08 Å². The fourth-order valence-electron chi connectivity index (χ4n) is 2.33. The van der Waals surface area contributed by atoms with Crippen LogP contribution < -0.4 is 0 Å². The molecule has 1 aromatic rings. The minimum absolute atomic E-state index is 0.466. The third kappa shape index (κ3) is 4.01. The molecule has 0 radical (unpaired) electrons. The van der Waals surface area contributed by atoms with Crippen molar-refractivity contribution >= 4 is 0 Å². The Bertz CT molecular complexity index is 316. The maximum atomic E-state index is 3.90. The van der Waals surface area contributed by atoms with E-state index in [1.165, 1.54) is 12.0 Å². The molecule has 0 aliphatic rings. The van der Waals surface area contributed by atoms with Gasteiger partial charge in [-0.15, -0.1) is 6.58 Å². The van der Waals surface area contributed by atoms with Crippen LogP contribution in [0.15, 0.2) is 43.0 Å². The molecule has 1 unspecified atom stereocenters. The minimum Gasteiger partial charge on any atom is -0.294 e. The molecule has 0 N–H and O–H groups in total. The summed E-state index contributed by atoms with van der Waals surface area (Å²) in [5, 5.41) is 0. The Morgan fingerprint density at radius 2 is 1.88 bits per heavy atom. The topological polar surface area (TPSA) is 3.24 Å². The summed E-state index contributed by atoms with van der Waals surface area (Å²) in [4.78, 5) is 2.57. The number of hydrogen-bond donors (Lipinski definition) is 0. The van der Waals surface area contributed by atoms with Crippen LogP contribution in [0, 0.1) is 0 Å². The van der Waals surface area contributed by atoms with Crippen LogP contribution in [0.1, 0.15) is 45.2 Å². The van der Waals surface area contributed by atoms with Crippen molar-refractivity contribution in [1.82, 2.24) is 4.90 Å². The van der Waals surface area contributed by atoms with Crippen molar-refractivity contribution in [2.24, 2.45) is 0 Å². The highest BCUT2D eigenvalue weighted by Crippen LogP contribution is 2.26. The molecule has 0 heterocycles. The lowest BCUT2D eigenvalue weighted by Crippen LogP contribution is -2.35. The first kappa shape index (κ1) is 14.0. The van der Waals surface area contributed by atoms with E-state index in [-0.39, 0.29) is 0 Å². The minimum atomic E-state index is 0.466. The van der Waals surface area contributed by atoms with Crippen LogP contribution >= 0.6 is 0 Å². The molecule has 0 bridgehead atoms. The summed E-state index contributed by atoms with van der Waals surface area (Å²) in [6.45, 7) is 11.8. The maximum absolute atomic E-state index is 3.90. The van der Waals surface area contributed by atoms with E-state index in [0.29, 0.717) is 12.1 Å². The summed E-state index contributed by atoms with van der Waals surface area (Å²) in [5.74, 6) is 0. The molecule has 0 spiro atoms. The lowest BCUT2D eigenvalue weighted by Gasteiger charge is -2.34. The standard InChI is InChI=1S/C16H25N/c1-5-10-16(15-11-8-7-9-12-15)17(13-6-2)14(3)4/h5,7-9,11-12,14,16H,1,6,10,13H2,2-4H3. The Kier molecular flexibility index (Phi) is 5.99. The van der Waals surface area contributed by atoms with Gasteiger partial charge >= 0.3 is 0 Å². The highest BCUT2D eigenvalue weighted by Gasteiger charge is 2.20. The summed E-state index contributed by atoms with van der Waals surface area (Å²) in [5.41, 5.74) is 1.40. The highest BCUT2D eigenvalue weighted by atomic mass is 15.2. The molecule has 1 rings (SSSR count). The van der Waals surface area contributed by atoms with Crippen molar-refractivity contribution in [2.45, 2.75) is 45.7 Å². The van der Waals surface area contributed by atoms with Crippen LogP contribution in [0.2, 0.25) is 0 Å². The van der Waals surface area contributed by atoms with Crippen molar-refractivity contribution < 1.29 is 0 Å². The first-order valence-corrected chi connectivity index (χ1v) is 6.62. The molecule has 0 saturated carbocycles. The Balaban J connectivity index is 2.93. The Morgan fingerprint density at radius 3 is 2.35 bits per heavy atom. The molecule has 17 heavy (non-hydrogen) atoms. The third-order valence-electron chi connectivity index (χ3n) is 3.12. The largest absolute Gasteiger partial charge is 0.294 e. The average Bonchev–Trinajstić information content (AvgIpc) is 2.34. The second-order valence-electron chi connectivity index (χ2n) is 4.78. The number of rotatable bonds is 7. The molecular weight excluding hydrogens is 206 g/mol. The van der Waals surface area contributed by atoms with Gasteiger partial charge in [-0.05, 0) is 38.8 Å². The van der Waals surface area contributed by atoms with Gasteiger partial charge in [0.1, 0.15) is 0 Å². The number of nitrogens with zero attached hydrogens (tertiary/aromatic N) is 1. The van der Waals surface area contributed by atoms with Gasteiger partial charge in [-0.3, -0.25) is 4.90 Å². The second kappa shape index (κ2) is 7.29. The zero-order valence-electron chi connectivity index (χ0n) is 11.4. The summed E-state index contributed by atoms with van der Waals surface area (Å²) in [7, 11) is 0. The molecule has 1 atom stereocenters. The highest BCUT2D eigenvalue weighted by molar-refractivity contribution is 5.20. The summed E-state index contributed by atoms with van der Waals surface area (Å²) in [6.07, 6.45) is 4.24. The lowest BCUT2D eigenvalue weighted by atomic mass is 10.0. The molecule has 0 aromatic heterocycles. The SMILES string of the molecule is C=CCC(c1ccccc1)N(CCC)C(C)C. The first-order valence-electron chi connectivity index (χ1n) is 6.62. The van der Waals surface area contributed by atoms with E-state index in [1.54, 1.807) is 0 Å². The Hall–Kier alpha value is -1.08.